The van der Waals surface area contributed by atoms with Crippen molar-refractivity contribution in [2.24, 2.45) is 45.3 Å². The summed E-state index contributed by atoms with van der Waals surface area (Å²) >= 11 is 0. The Labute approximate surface area is 393 Å². The third-order valence-corrected chi connectivity index (χ3v) is 18.7. The number of aliphatic hydroxyl groups excluding tert-OH is 12. The molecule has 6 fully saturated rings. The molecule has 67 heavy (non-hydrogen) atoms. The van der Waals surface area contributed by atoms with Crippen molar-refractivity contribution in [3.8, 4) is 0 Å². The van der Waals surface area contributed by atoms with Crippen LogP contribution in [0.2, 0.25) is 0 Å². The van der Waals surface area contributed by atoms with Gasteiger partial charge in [0.05, 0.1) is 43.7 Å². The highest BCUT2D eigenvalue weighted by atomic mass is 16.8. The monoisotopic (exact) mass is 963 g/mol. The Morgan fingerprint density at radius 3 is 1.72 bits per heavy atom. The largest absolute Gasteiger partial charge is 0.394 e. The molecule has 19 heteroatoms. The lowest BCUT2D eigenvalue weighted by Crippen LogP contribution is -2.67. The summed E-state index contributed by atoms with van der Waals surface area (Å²) < 4.78 is 35.9. The molecular formula is C48H82O19. The van der Waals surface area contributed by atoms with Crippen LogP contribution in [0.4, 0.5) is 0 Å². The second-order valence-corrected chi connectivity index (χ2v) is 23.0. The summed E-state index contributed by atoms with van der Waals surface area (Å²) in [5.41, 5.74) is -1.32. The van der Waals surface area contributed by atoms with Crippen LogP contribution < -0.4 is 0 Å². The Morgan fingerprint density at radius 2 is 1.18 bits per heavy atom. The van der Waals surface area contributed by atoms with Gasteiger partial charge in [-0.2, -0.15) is 0 Å². The summed E-state index contributed by atoms with van der Waals surface area (Å²) in [5, 5.41) is 141. The Hall–Kier alpha value is -1.02. The number of aliphatic hydroxyl groups is 13. The molecule has 13 N–H and O–H groups in total. The first-order valence-corrected chi connectivity index (χ1v) is 24.5. The van der Waals surface area contributed by atoms with Crippen molar-refractivity contribution >= 4 is 0 Å². The van der Waals surface area contributed by atoms with Crippen LogP contribution in [0.25, 0.3) is 0 Å². The topological polar surface area (TPSA) is 318 Å². The Kier molecular flexibility index (Phi) is 15.9. The van der Waals surface area contributed by atoms with Crippen LogP contribution in [0.1, 0.15) is 107 Å². The molecule has 388 valence electrons. The van der Waals surface area contributed by atoms with Crippen molar-refractivity contribution in [2.45, 2.75) is 223 Å². The fraction of sp³-hybridized carbons (Fsp3) is 0.958. The fourth-order valence-corrected chi connectivity index (χ4v) is 14.2. The standard InChI is InChI=1S/C48H82O19/c1-21(22-15-16-46(6)28-12-10-23-24(11-13-29(52)44(23,2)3)48(28,8)30(53)17-47(22,46)7)9-14-31(45(4,5)61)65-43-40(67-42-37(59)35(57)33(55)26(19-50)63-42)38(60)39(27(20-51)64-43)66-41-36(58)34(56)32(54)25(18-49)62-41/h10,21-22,24-43,49-61H,9,11-20H2,1-8H3/t21-,22?,24?,25+,26+,27-,28?,29+,30-,31-,32+,33+,34-,35-,36+,37+,38+,39-,40-,41-,42?,43+,46+,47-,48+/m1/s1. The second-order valence-electron chi connectivity index (χ2n) is 23.0. The number of rotatable bonds is 14. The van der Waals surface area contributed by atoms with Gasteiger partial charge in [-0.05, 0) is 99.7 Å². The van der Waals surface area contributed by atoms with Crippen molar-refractivity contribution in [3.63, 3.8) is 0 Å². The molecule has 0 radical (unpaired) electrons. The maximum Gasteiger partial charge on any atom is 0.187 e. The molecule has 0 bridgehead atoms. The lowest BCUT2D eigenvalue weighted by atomic mass is 9.38. The summed E-state index contributed by atoms with van der Waals surface area (Å²) in [4.78, 5) is 0. The average Bonchev–Trinajstić information content (AvgIpc) is 3.54. The molecule has 19 nitrogen and oxygen atoms in total. The predicted octanol–water partition coefficient (Wildman–Crippen LogP) is -1.06. The minimum atomic E-state index is -1.93. The lowest BCUT2D eigenvalue weighted by molar-refractivity contribution is -0.393. The molecule has 0 aromatic heterocycles. The maximum absolute atomic E-state index is 12.4. The van der Waals surface area contributed by atoms with Gasteiger partial charge >= 0.3 is 0 Å². The summed E-state index contributed by atoms with van der Waals surface area (Å²) in [6, 6.07) is 0. The Bertz CT molecular complexity index is 1710. The Balaban J connectivity index is 1.12. The number of fused-ring (bicyclic) bond motifs is 5. The smallest absolute Gasteiger partial charge is 0.187 e. The van der Waals surface area contributed by atoms with E-state index < -0.39 is 136 Å². The van der Waals surface area contributed by atoms with Gasteiger partial charge in [0, 0.05) is 10.8 Å². The van der Waals surface area contributed by atoms with E-state index in [1.54, 1.807) is 13.8 Å². The van der Waals surface area contributed by atoms with Gasteiger partial charge in [-0.1, -0.05) is 53.2 Å². The average molecular weight is 963 g/mol. The van der Waals surface area contributed by atoms with Crippen LogP contribution in [0.5, 0.6) is 0 Å². The van der Waals surface area contributed by atoms with E-state index in [1.807, 2.05) is 0 Å². The Morgan fingerprint density at radius 1 is 0.642 bits per heavy atom. The lowest BCUT2D eigenvalue weighted by Gasteiger charge is -2.67. The van der Waals surface area contributed by atoms with Crippen molar-refractivity contribution in [3.05, 3.63) is 11.6 Å². The van der Waals surface area contributed by atoms with Crippen LogP contribution in [-0.4, -0.2) is 202 Å². The molecule has 3 saturated heterocycles. The minimum absolute atomic E-state index is 0.0795. The van der Waals surface area contributed by atoms with E-state index in [-0.39, 0.29) is 51.8 Å². The van der Waals surface area contributed by atoms with E-state index in [2.05, 4.69) is 47.6 Å². The number of allylic oxidation sites excluding steroid dienone is 1. The van der Waals surface area contributed by atoms with E-state index in [0.29, 0.717) is 19.3 Å². The van der Waals surface area contributed by atoms with Crippen molar-refractivity contribution in [2.75, 3.05) is 19.8 Å². The van der Waals surface area contributed by atoms with E-state index in [9.17, 15) is 66.4 Å². The fourth-order valence-electron chi connectivity index (χ4n) is 14.2. The first-order valence-electron chi connectivity index (χ1n) is 24.5. The molecule has 0 aromatic carbocycles. The molecule has 4 unspecified atom stereocenters. The highest BCUT2D eigenvalue weighted by Gasteiger charge is 2.70. The minimum Gasteiger partial charge on any atom is -0.394 e. The van der Waals surface area contributed by atoms with Crippen LogP contribution in [0.3, 0.4) is 0 Å². The van der Waals surface area contributed by atoms with Gasteiger partial charge in [0.25, 0.3) is 0 Å². The number of hydrogen-bond donors (Lipinski definition) is 13. The van der Waals surface area contributed by atoms with Crippen molar-refractivity contribution in [1.29, 1.82) is 0 Å². The molecule has 0 amide bonds. The normalized spacial score (nSPS) is 51.0. The van der Waals surface area contributed by atoms with Crippen molar-refractivity contribution in [1.82, 2.24) is 0 Å². The van der Waals surface area contributed by atoms with Crippen LogP contribution in [-0.2, 0) is 28.4 Å². The second kappa shape index (κ2) is 19.8. The van der Waals surface area contributed by atoms with Crippen LogP contribution in [0, 0.1) is 45.3 Å². The molecule has 7 aliphatic rings. The van der Waals surface area contributed by atoms with Gasteiger partial charge in [0.15, 0.2) is 18.9 Å². The zero-order valence-electron chi connectivity index (χ0n) is 40.3. The maximum atomic E-state index is 12.4. The molecule has 3 aliphatic heterocycles. The molecule has 7 rings (SSSR count). The third-order valence-electron chi connectivity index (χ3n) is 18.7. The van der Waals surface area contributed by atoms with E-state index in [0.717, 1.165) is 25.7 Å². The summed E-state index contributed by atoms with van der Waals surface area (Å²) in [7, 11) is 0. The van der Waals surface area contributed by atoms with Gasteiger partial charge in [-0.25, -0.2) is 0 Å². The van der Waals surface area contributed by atoms with Gasteiger partial charge in [-0.3, -0.25) is 0 Å². The van der Waals surface area contributed by atoms with Gasteiger partial charge in [-0.15, -0.1) is 0 Å². The molecule has 3 heterocycles. The quantitative estimate of drug-likeness (QED) is 0.0924. The first kappa shape index (κ1) is 53.8. The zero-order valence-corrected chi connectivity index (χ0v) is 40.3. The van der Waals surface area contributed by atoms with Gasteiger partial charge < -0.3 is 94.8 Å². The summed E-state index contributed by atoms with van der Waals surface area (Å²) in [5.74, 6) is 0.678. The third kappa shape index (κ3) is 9.13. The highest BCUT2D eigenvalue weighted by molar-refractivity contribution is 5.31. The van der Waals surface area contributed by atoms with E-state index in [1.165, 1.54) is 5.57 Å². The molecular weight excluding hydrogens is 881 g/mol. The SMILES string of the molecule is C[C@H](CC[C@@H](O[C@@H]1O[C@H](CO)[C@@H](O[C@H]2O[C@@H](CO)[C@H](O)[C@@H](O)[C@@H]2O)[C@H](O)[C@H]1OC1O[C@@H](CO)[C@H](O)[C@@H](O)[C@@H]1O)C(C)(C)O)C1CC[C@@]2(C)C3CC=C4C(CC[C@H](O)C4(C)C)[C@]3(C)[C@H](O)C[C@]12C. The number of hydrogen-bond acceptors (Lipinski definition) is 19. The van der Waals surface area contributed by atoms with Crippen LogP contribution in [0.15, 0.2) is 11.6 Å². The molecule has 25 atom stereocenters. The molecule has 3 saturated carbocycles. The van der Waals surface area contributed by atoms with Crippen LogP contribution >= 0.6 is 0 Å². The van der Waals surface area contributed by atoms with Crippen molar-refractivity contribution < 1.29 is 94.8 Å². The molecule has 0 spiro atoms. The zero-order chi connectivity index (χ0) is 49.5. The highest BCUT2D eigenvalue weighted by Crippen LogP contribution is 2.75. The predicted molar refractivity (Wildman–Crippen MR) is 235 cm³/mol. The van der Waals surface area contributed by atoms with E-state index in [4.69, 9.17) is 28.4 Å². The van der Waals surface area contributed by atoms with E-state index >= 15 is 0 Å². The molecule has 4 aliphatic carbocycles. The first-order chi connectivity index (χ1) is 31.2. The van der Waals surface area contributed by atoms with Gasteiger partial charge in [0.2, 0.25) is 0 Å². The molecule has 0 aromatic rings. The summed E-state index contributed by atoms with van der Waals surface area (Å²) in [6.45, 7) is 14.2. The number of ether oxygens (including phenoxy) is 6. The summed E-state index contributed by atoms with van der Waals surface area (Å²) in [6.07, 6.45) is -19.7. The van der Waals surface area contributed by atoms with Gasteiger partial charge in [0.1, 0.15) is 73.2 Å².